The van der Waals surface area contributed by atoms with Crippen molar-refractivity contribution in [2.24, 2.45) is 0 Å². The number of hydrogen-bond acceptors (Lipinski definition) is 3. The molecule has 4 rings (SSSR count). The summed E-state index contributed by atoms with van der Waals surface area (Å²) in [5, 5.41) is 5.17. The third-order valence-corrected chi connectivity index (χ3v) is 9.57. The molecule has 0 saturated carbocycles. The predicted molar refractivity (Wildman–Crippen MR) is 163 cm³/mol. The maximum Gasteiger partial charge on any atom is 0.460 e. The quantitative estimate of drug-likeness (QED) is 0.105. The van der Waals surface area contributed by atoms with E-state index in [2.05, 4.69) is 16.4 Å². The number of benzene rings is 2. The van der Waals surface area contributed by atoms with Gasteiger partial charge in [-0.2, -0.15) is 74.6 Å². The summed E-state index contributed by atoms with van der Waals surface area (Å²) >= 11 is 20.8. The van der Waals surface area contributed by atoms with E-state index < -0.39 is 46.5 Å². The molecule has 0 fully saturated rings. The third-order valence-electron chi connectivity index (χ3n) is 7.00. The van der Waals surface area contributed by atoms with Gasteiger partial charge >= 0.3 is 46.5 Å². The molecule has 0 saturated heterocycles. The van der Waals surface area contributed by atoms with Crippen LogP contribution in [0.25, 0.3) is 10.1 Å². The van der Waals surface area contributed by atoms with Gasteiger partial charge < -0.3 is 9.30 Å². The van der Waals surface area contributed by atoms with Crippen molar-refractivity contribution in [2.45, 2.75) is 65.8 Å². The fraction of sp³-hybridized carbons (Fsp3) is 0.393. The van der Waals surface area contributed by atoms with Crippen LogP contribution in [0.1, 0.15) is 17.2 Å². The van der Waals surface area contributed by atoms with E-state index in [1.54, 1.807) is 29.9 Å². The highest BCUT2D eigenvalue weighted by molar-refractivity contribution is 9.10. The molecule has 2 heterocycles. The predicted octanol–water partition coefficient (Wildman–Crippen LogP) is 13.4. The lowest BCUT2D eigenvalue weighted by atomic mass is 9.91. The molecule has 2 aromatic heterocycles. The summed E-state index contributed by atoms with van der Waals surface area (Å²) in [7, 11) is 0. The fourth-order valence-corrected chi connectivity index (χ4v) is 6.16. The number of alkyl halides is 18. The van der Waals surface area contributed by atoms with Crippen molar-refractivity contribution in [1.29, 1.82) is 0 Å². The smallest absolute Gasteiger partial charge is 0.367 e. The second-order valence-electron chi connectivity index (χ2n) is 10.5. The minimum Gasteiger partial charge on any atom is -0.367 e. The Balaban J connectivity index is 0.000000286. The minimum absolute atomic E-state index is 0.238. The summed E-state index contributed by atoms with van der Waals surface area (Å²) in [5.74, 6) is -49.6. The van der Waals surface area contributed by atoms with Crippen molar-refractivity contribution in [1.82, 2.24) is 9.55 Å². The number of rotatable bonds is 12. The van der Waals surface area contributed by atoms with Gasteiger partial charge in [-0.1, -0.05) is 53.0 Å². The Bertz CT molecular complexity index is 1820. The number of thiophene rings is 1. The molecule has 0 bridgehead atoms. The Morgan fingerprint density at radius 1 is 0.717 bits per heavy atom. The van der Waals surface area contributed by atoms with E-state index in [1.807, 2.05) is 35.0 Å². The maximum atomic E-state index is 12.9. The lowest BCUT2D eigenvalue weighted by Crippen LogP contribution is -2.74. The highest BCUT2D eigenvalue weighted by atomic mass is 79.9. The largest absolute Gasteiger partial charge is 0.460 e. The SMILES string of the molecule is Clc1ccc(C(Cn2ccnc2)OCc2csc3c(Cl)cccc23)c(Cl)c1.FC(F)(F)C(F)(F)C(F)(F)C(F)(F)C(F)(F)C(F)(F)C(F)(F)C(F)(F)Br. The molecule has 0 spiro atoms. The monoisotopic (exact) mass is 934 g/mol. The van der Waals surface area contributed by atoms with Gasteiger partial charge in [0.15, 0.2) is 0 Å². The summed E-state index contributed by atoms with van der Waals surface area (Å²) in [6.07, 6.45) is -2.57. The van der Waals surface area contributed by atoms with Gasteiger partial charge in [-0.3, -0.25) is 0 Å². The molecule has 2 aromatic carbocycles. The highest BCUT2D eigenvalue weighted by Crippen LogP contribution is 2.64. The number of aromatic nitrogens is 2. The van der Waals surface area contributed by atoms with Gasteiger partial charge in [0, 0.05) is 28.0 Å². The first-order valence-electron chi connectivity index (χ1n) is 13.4. The molecule has 0 aliphatic rings. The number of hydrogen-bond donors (Lipinski definition) is 0. The van der Waals surface area contributed by atoms with Crippen molar-refractivity contribution in [2.75, 3.05) is 0 Å². The van der Waals surface area contributed by atoms with Crippen LogP contribution in [0.4, 0.5) is 74.6 Å². The van der Waals surface area contributed by atoms with E-state index in [-0.39, 0.29) is 6.10 Å². The van der Waals surface area contributed by atoms with Gasteiger partial charge in [-0.15, -0.1) is 11.3 Å². The molecule has 0 N–H and O–H groups in total. The van der Waals surface area contributed by atoms with Gasteiger partial charge in [0.25, 0.3) is 0 Å². The van der Waals surface area contributed by atoms with Gasteiger partial charge in [-0.05, 0) is 50.5 Å². The molecule has 0 amide bonds. The van der Waals surface area contributed by atoms with Gasteiger partial charge in [-0.25, -0.2) is 4.98 Å². The second kappa shape index (κ2) is 15.3. The first-order chi connectivity index (χ1) is 23.9. The fourth-order valence-electron chi connectivity index (χ4n) is 4.11. The molecule has 1 unspecified atom stereocenters. The van der Waals surface area contributed by atoms with Crippen molar-refractivity contribution in [3.8, 4) is 0 Å². The average molecular weight is 937 g/mol. The number of halogens is 21. The Labute approximate surface area is 312 Å². The van der Waals surface area contributed by atoms with Crippen LogP contribution in [-0.2, 0) is 17.9 Å². The summed E-state index contributed by atoms with van der Waals surface area (Å²) in [4.78, 5) is -2.39. The number of ether oxygens (including phenoxy) is 1. The van der Waals surface area contributed by atoms with Crippen molar-refractivity contribution in [3.63, 3.8) is 0 Å². The van der Waals surface area contributed by atoms with Gasteiger partial charge in [0.1, 0.15) is 6.10 Å². The summed E-state index contributed by atoms with van der Waals surface area (Å²) in [6, 6.07) is 11.4. The third kappa shape index (κ3) is 8.31. The average Bonchev–Trinajstić information content (AvgIpc) is 3.69. The summed E-state index contributed by atoms with van der Waals surface area (Å²) in [5.41, 5.74) is 2.01. The van der Waals surface area contributed by atoms with Crippen LogP contribution in [0.5, 0.6) is 0 Å². The van der Waals surface area contributed by atoms with E-state index >= 15 is 0 Å². The zero-order chi connectivity index (χ0) is 40.8. The Morgan fingerprint density at radius 3 is 1.75 bits per heavy atom. The van der Waals surface area contributed by atoms with Crippen LogP contribution in [-0.4, -0.2) is 56.1 Å². The van der Waals surface area contributed by atoms with E-state index in [4.69, 9.17) is 39.5 Å². The number of imidazole rings is 1. The van der Waals surface area contributed by atoms with Gasteiger partial charge in [0.2, 0.25) is 0 Å². The molecule has 25 heteroatoms. The van der Waals surface area contributed by atoms with Crippen LogP contribution in [0.15, 0.2) is 60.5 Å². The van der Waals surface area contributed by atoms with Crippen LogP contribution in [0.3, 0.4) is 0 Å². The summed E-state index contributed by atoms with van der Waals surface area (Å²) in [6.45, 7) is 1.06. The van der Waals surface area contributed by atoms with E-state index in [1.165, 1.54) is 0 Å². The normalized spacial score (nSPS) is 14.7. The molecule has 0 radical (unpaired) electrons. The van der Waals surface area contributed by atoms with Gasteiger partial charge in [0.05, 0.1) is 29.2 Å². The topological polar surface area (TPSA) is 27.1 Å². The zero-order valence-corrected chi connectivity index (χ0v) is 29.6. The lowest BCUT2D eigenvalue weighted by Gasteiger charge is -2.42. The Hall–Kier alpha value is -2.27. The number of fused-ring (bicyclic) bond motifs is 1. The van der Waals surface area contributed by atoms with Crippen LogP contribution in [0, 0.1) is 0 Å². The molecule has 3 nitrogen and oxygen atoms in total. The first kappa shape index (κ1) is 45.1. The molecule has 0 aliphatic heterocycles. The van der Waals surface area contributed by atoms with E-state index in [0.29, 0.717) is 39.1 Å². The first-order valence-corrected chi connectivity index (χ1v) is 16.2. The van der Waals surface area contributed by atoms with E-state index in [0.717, 1.165) is 26.2 Å². The second-order valence-corrected chi connectivity index (χ2v) is 13.7. The minimum atomic E-state index is -8.58. The van der Waals surface area contributed by atoms with Crippen LogP contribution < -0.4 is 0 Å². The highest BCUT2D eigenvalue weighted by Gasteiger charge is 2.95. The molecule has 0 aliphatic carbocycles. The van der Waals surface area contributed by atoms with E-state index in [9.17, 15) is 74.6 Å². The summed E-state index contributed by atoms with van der Waals surface area (Å²) < 4.78 is 222. The maximum absolute atomic E-state index is 12.9. The molecular weight excluding hydrogens is 922 g/mol. The van der Waals surface area contributed by atoms with Crippen LogP contribution in [0.2, 0.25) is 15.1 Å². The molecule has 53 heavy (non-hydrogen) atoms. The lowest BCUT2D eigenvalue weighted by molar-refractivity contribution is -0.457. The molecule has 296 valence electrons. The molecule has 4 aromatic rings. The Morgan fingerprint density at radius 2 is 1.26 bits per heavy atom. The molecular formula is C28H15BrCl3F17N2OS. The zero-order valence-electron chi connectivity index (χ0n) is 24.9. The number of nitrogens with zero attached hydrogens (tertiary/aromatic N) is 2. The standard InChI is InChI=1S/C20H15Cl3N2OS.C8BrF17/c21-14-4-5-16(18(23)8-14)19(9-25-7-6-24-12-25)26-10-13-11-27-20-15(13)2-1-3-17(20)22;9-7(22,23)5(18,19)3(14,15)1(10,11)2(12,13)4(16,17)6(20,21)8(24,25)26/h1-8,11-12,19H,9-10H2;. The van der Waals surface area contributed by atoms with Crippen molar-refractivity contribution < 1.29 is 79.4 Å². The van der Waals surface area contributed by atoms with Crippen LogP contribution >= 0.6 is 62.1 Å². The van der Waals surface area contributed by atoms with Crippen molar-refractivity contribution >= 4 is 72.2 Å². The Kier molecular flexibility index (Phi) is 13.1. The van der Waals surface area contributed by atoms with Crippen molar-refractivity contribution in [3.05, 3.63) is 86.7 Å². The molecule has 1 atom stereocenters.